The summed E-state index contributed by atoms with van der Waals surface area (Å²) in [5.41, 5.74) is 0.569. The van der Waals surface area contributed by atoms with E-state index in [1.165, 1.54) is 24.3 Å². The van der Waals surface area contributed by atoms with Gasteiger partial charge in [0.15, 0.2) is 0 Å². The van der Waals surface area contributed by atoms with E-state index in [0.29, 0.717) is 18.5 Å². The highest BCUT2D eigenvalue weighted by atomic mass is 32.2. The Kier molecular flexibility index (Phi) is 5.11. The average molecular weight is 325 g/mol. The van der Waals surface area contributed by atoms with E-state index >= 15 is 0 Å². The third-order valence-electron chi connectivity index (χ3n) is 2.83. The zero-order chi connectivity index (χ0) is 15.3. The van der Waals surface area contributed by atoms with Crippen molar-refractivity contribution in [1.29, 1.82) is 0 Å². The van der Waals surface area contributed by atoms with Crippen LogP contribution in [-0.4, -0.2) is 26.0 Å². The number of carboxylic acid groups (broad SMARTS) is 1. The van der Waals surface area contributed by atoms with Crippen molar-refractivity contribution in [3.05, 3.63) is 52.2 Å². The molecule has 0 aliphatic rings. The van der Waals surface area contributed by atoms with Crippen LogP contribution in [0.1, 0.15) is 10.4 Å². The lowest BCUT2D eigenvalue weighted by molar-refractivity contribution is -0.136. The van der Waals surface area contributed by atoms with Crippen molar-refractivity contribution < 1.29 is 18.3 Å². The smallest absolute Gasteiger partial charge is 0.307 e. The van der Waals surface area contributed by atoms with E-state index in [1.54, 1.807) is 11.3 Å². The van der Waals surface area contributed by atoms with Crippen molar-refractivity contribution in [3.8, 4) is 0 Å². The normalized spacial score (nSPS) is 11.4. The summed E-state index contributed by atoms with van der Waals surface area (Å²) in [5, 5.41) is 10.6. The van der Waals surface area contributed by atoms with Gasteiger partial charge in [-0.15, -0.1) is 11.3 Å². The number of benzene rings is 1. The summed E-state index contributed by atoms with van der Waals surface area (Å²) < 4.78 is 26.7. The van der Waals surface area contributed by atoms with Gasteiger partial charge in [0.25, 0.3) is 0 Å². The minimum Gasteiger partial charge on any atom is -0.481 e. The second kappa shape index (κ2) is 6.84. The lowest BCUT2D eigenvalue weighted by Crippen LogP contribution is -2.25. The second-order valence-corrected chi connectivity index (χ2v) is 7.24. The van der Waals surface area contributed by atoms with Crippen molar-refractivity contribution in [3.63, 3.8) is 0 Å². The van der Waals surface area contributed by atoms with E-state index in [1.807, 2.05) is 17.5 Å². The molecule has 0 spiro atoms. The summed E-state index contributed by atoms with van der Waals surface area (Å²) in [7, 11) is -3.55. The topological polar surface area (TPSA) is 83.5 Å². The lowest BCUT2D eigenvalue weighted by atomic mass is 10.2. The largest absolute Gasteiger partial charge is 0.481 e. The van der Waals surface area contributed by atoms with Gasteiger partial charge >= 0.3 is 5.97 Å². The predicted molar refractivity (Wildman–Crippen MR) is 81.0 cm³/mol. The summed E-state index contributed by atoms with van der Waals surface area (Å²) >= 11 is 1.59. The van der Waals surface area contributed by atoms with Crippen molar-refractivity contribution in [2.45, 2.75) is 17.7 Å². The Morgan fingerprint density at radius 3 is 2.48 bits per heavy atom. The van der Waals surface area contributed by atoms with Crippen LogP contribution in [-0.2, 0) is 27.7 Å². The van der Waals surface area contributed by atoms with Gasteiger partial charge in [0.05, 0.1) is 11.3 Å². The third-order valence-corrected chi connectivity index (χ3v) is 5.25. The minimum absolute atomic E-state index is 0.119. The Morgan fingerprint density at radius 1 is 1.19 bits per heavy atom. The SMILES string of the molecule is O=C(O)Cc1ccc(S(=O)(=O)NCCc2cccs2)cc1. The van der Waals surface area contributed by atoms with Gasteiger partial charge in [-0.05, 0) is 35.6 Å². The lowest BCUT2D eigenvalue weighted by Gasteiger charge is -2.06. The van der Waals surface area contributed by atoms with Crippen molar-refractivity contribution >= 4 is 27.3 Å². The minimum atomic E-state index is -3.55. The Labute approximate surface area is 127 Å². The summed E-state index contributed by atoms with van der Waals surface area (Å²) in [6.07, 6.45) is 0.528. The van der Waals surface area contributed by atoms with Gasteiger partial charge in [0.1, 0.15) is 0 Å². The number of nitrogens with one attached hydrogen (secondary N) is 1. The Bertz CT molecular complexity index is 691. The van der Waals surface area contributed by atoms with Crippen molar-refractivity contribution in [1.82, 2.24) is 4.72 Å². The molecule has 0 fully saturated rings. The molecule has 21 heavy (non-hydrogen) atoms. The molecule has 0 unspecified atom stereocenters. The summed E-state index contributed by atoms with van der Waals surface area (Å²) in [4.78, 5) is 11.8. The highest BCUT2D eigenvalue weighted by Gasteiger charge is 2.13. The van der Waals surface area contributed by atoms with E-state index in [-0.39, 0.29) is 11.3 Å². The van der Waals surface area contributed by atoms with Crippen LogP contribution in [0.2, 0.25) is 0 Å². The van der Waals surface area contributed by atoms with Gasteiger partial charge in [0.2, 0.25) is 10.0 Å². The maximum atomic E-state index is 12.1. The van der Waals surface area contributed by atoms with Crippen molar-refractivity contribution in [2.75, 3.05) is 6.54 Å². The number of hydrogen-bond donors (Lipinski definition) is 2. The van der Waals surface area contributed by atoms with Crippen molar-refractivity contribution in [2.24, 2.45) is 0 Å². The zero-order valence-electron chi connectivity index (χ0n) is 11.2. The molecule has 0 bridgehead atoms. The molecule has 0 aliphatic heterocycles. The predicted octanol–water partition coefficient (Wildman–Crippen LogP) is 1.90. The summed E-state index contributed by atoms with van der Waals surface area (Å²) in [6, 6.07) is 9.76. The highest BCUT2D eigenvalue weighted by Crippen LogP contribution is 2.12. The molecule has 0 aliphatic carbocycles. The number of aliphatic carboxylic acids is 1. The van der Waals surface area contributed by atoms with Crippen LogP contribution in [0.4, 0.5) is 0 Å². The van der Waals surface area contributed by atoms with Crippen LogP contribution in [0.3, 0.4) is 0 Å². The molecule has 0 radical (unpaired) electrons. The molecule has 112 valence electrons. The van der Waals surface area contributed by atoms with E-state index in [2.05, 4.69) is 4.72 Å². The molecule has 0 saturated carbocycles. The van der Waals surface area contributed by atoms with Gasteiger partial charge in [-0.1, -0.05) is 18.2 Å². The zero-order valence-corrected chi connectivity index (χ0v) is 12.8. The number of carbonyl (C=O) groups is 1. The standard InChI is InChI=1S/C14H15NO4S2/c16-14(17)10-11-3-5-13(6-4-11)21(18,19)15-8-7-12-2-1-9-20-12/h1-6,9,15H,7-8,10H2,(H,16,17). The monoisotopic (exact) mass is 325 g/mol. The highest BCUT2D eigenvalue weighted by molar-refractivity contribution is 7.89. The van der Waals surface area contributed by atoms with Crippen LogP contribution in [0.25, 0.3) is 0 Å². The van der Waals surface area contributed by atoms with Gasteiger partial charge in [-0.2, -0.15) is 0 Å². The van der Waals surface area contributed by atoms with E-state index in [9.17, 15) is 13.2 Å². The summed E-state index contributed by atoms with van der Waals surface area (Å²) in [5.74, 6) is -0.945. The number of rotatable bonds is 7. The molecule has 5 nitrogen and oxygen atoms in total. The molecule has 1 aromatic carbocycles. The molecule has 2 N–H and O–H groups in total. The number of carboxylic acids is 1. The quantitative estimate of drug-likeness (QED) is 0.814. The van der Waals surface area contributed by atoms with Gasteiger partial charge in [0, 0.05) is 11.4 Å². The fourth-order valence-electron chi connectivity index (χ4n) is 1.81. The van der Waals surface area contributed by atoms with E-state index < -0.39 is 16.0 Å². The molecule has 2 rings (SSSR count). The van der Waals surface area contributed by atoms with E-state index in [4.69, 9.17) is 5.11 Å². The molecular weight excluding hydrogens is 310 g/mol. The summed E-state index contributed by atoms with van der Waals surface area (Å²) in [6.45, 7) is 0.333. The van der Waals surface area contributed by atoms with E-state index in [0.717, 1.165) is 4.88 Å². The Hall–Kier alpha value is -1.70. The maximum absolute atomic E-state index is 12.1. The van der Waals surface area contributed by atoms with Crippen LogP contribution < -0.4 is 4.72 Å². The number of hydrogen-bond acceptors (Lipinski definition) is 4. The first-order valence-electron chi connectivity index (χ1n) is 6.30. The molecule has 0 amide bonds. The maximum Gasteiger partial charge on any atom is 0.307 e. The third kappa shape index (κ3) is 4.66. The molecule has 2 aromatic rings. The average Bonchev–Trinajstić information content (AvgIpc) is 2.91. The molecule has 0 saturated heterocycles. The van der Waals surface area contributed by atoms with Gasteiger partial charge in [-0.3, -0.25) is 4.79 Å². The molecule has 1 heterocycles. The van der Waals surface area contributed by atoms with Crippen LogP contribution in [0, 0.1) is 0 Å². The molecule has 1 aromatic heterocycles. The van der Waals surface area contributed by atoms with Crippen LogP contribution in [0.15, 0.2) is 46.7 Å². The Balaban J connectivity index is 1.96. The second-order valence-electron chi connectivity index (χ2n) is 4.44. The first-order chi connectivity index (χ1) is 9.97. The van der Waals surface area contributed by atoms with Gasteiger partial charge < -0.3 is 5.11 Å². The molecule has 7 heteroatoms. The molecular formula is C14H15NO4S2. The number of sulfonamides is 1. The Morgan fingerprint density at radius 2 is 1.90 bits per heavy atom. The van der Waals surface area contributed by atoms with Gasteiger partial charge in [-0.25, -0.2) is 13.1 Å². The first kappa shape index (κ1) is 15.7. The fraction of sp³-hybridized carbons (Fsp3) is 0.214. The van der Waals surface area contributed by atoms with Crippen LogP contribution in [0.5, 0.6) is 0 Å². The number of thiophene rings is 1. The fourth-order valence-corrected chi connectivity index (χ4v) is 3.55. The van der Waals surface area contributed by atoms with Crippen LogP contribution >= 0.6 is 11.3 Å². The first-order valence-corrected chi connectivity index (χ1v) is 8.66. The molecule has 0 atom stereocenters.